The van der Waals surface area contributed by atoms with Crippen molar-refractivity contribution in [3.8, 4) is 0 Å². The Balaban J connectivity index is 1.92. The lowest BCUT2D eigenvalue weighted by molar-refractivity contribution is 0.0523. The van der Waals surface area contributed by atoms with E-state index in [1.165, 1.54) is 0 Å². The summed E-state index contributed by atoms with van der Waals surface area (Å²) in [6, 6.07) is 11.8. The summed E-state index contributed by atoms with van der Waals surface area (Å²) in [6.45, 7) is 12.2. The van der Waals surface area contributed by atoms with Crippen LogP contribution in [0.5, 0.6) is 0 Å². The van der Waals surface area contributed by atoms with Crippen LogP contribution in [0.2, 0.25) is 0 Å². The molecule has 0 aliphatic heterocycles. The average molecular weight is 400 g/mol. The molecule has 158 valence electrons. The van der Waals surface area contributed by atoms with Gasteiger partial charge in [0, 0.05) is 18.3 Å². The number of carbonyl (C=O) groups excluding carboxylic acids is 1. The third kappa shape index (κ3) is 7.15. The normalized spacial score (nSPS) is 13.6. The number of nitrogens with zero attached hydrogens (tertiary/aromatic N) is 1. The van der Waals surface area contributed by atoms with Crippen molar-refractivity contribution in [3.05, 3.63) is 64.5 Å². The van der Waals surface area contributed by atoms with E-state index in [2.05, 4.69) is 15.6 Å². The van der Waals surface area contributed by atoms with Crippen LogP contribution in [-0.4, -0.2) is 28.3 Å². The Morgan fingerprint density at radius 3 is 2.45 bits per heavy atom. The highest BCUT2D eigenvalue weighted by Gasteiger charge is 2.17. The maximum atomic E-state index is 11.8. The second-order valence-corrected chi connectivity index (χ2v) is 8.33. The Morgan fingerprint density at radius 1 is 1.14 bits per heavy atom. The highest BCUT2D eigenvalue weighted by molar-refractivity contribution is 5.67. The van der Waals surface area contributed by atoms with Gasteiger partial charge in [0.05, 0.1) is 18.3 Å². The minimum atomic E-state index is -0.566. The number of hydrogen-bond acceptors (Lipinski definition) is 5. The highest BCUT2D eigenvalue weighted by atomic mass is 16.6. The number of ether oxygens (including phenoxy) is 1. The topological polar surface area (TPSA) is 83.5 Å². The molecule has 1 amide bonds. The van der Waals surface area contributed by atoms with Crippen LogP contribution in [0.1, 0.15) is 67.9 Å². The fourth-order valence-electron chi connectivity index (χ4n) is 3.13. The van der Waals surface area contributed by atoms with Gasteiger partial charge in [-0.15, -0.1) is 0 Å². The zero-order valence-corrected chi connectivity index (χ0v) is 18.2. The Bertz CT molecular complexity index is 830. The molecule has 0 fully saturated rings. The maximum absolute atomic E-state index is 11.8. The Labute approximate surface area is 173 Å². The van der Waals surface area contributed by atoms with Gasteiger partial charge < -0.3 is 20.5 Å². The van der Waals surface area contributed by atoms with Crippen molar-refractivity contribution in [3.63, 3.8) is 0 Å². The van der Waals surface area contributed by atoms with Crippen LogP contribution in [-0.2, 0) is 11.3 Å². The number of pyridine rings is 1. The summed E-state index contributed by atoms with van der Waals surface area (Å²) in [5.74, 6) is 0. The van der Waals surface area contributed by atoms with Crippen LogP contribution in [0.15, 0.2) is 36.4 Å². The monoisotopic (exact) mass is 399 g/mol. The molecule has 1 aromatic heterocycles. The minimum Gasteiger partial charge on any atom is -0.444 e. The van der Waals surface area contributed by atoms with Crippen molar-refractivity contribution in [2.24, 2.45) is 0 Å². The molecule has 0 spiro atoms. The molecular formula is C23H33N3O3. The molecular weight excluding hydrogens is 366 g/mol. The number of aliphatic hydroxyl groups excluding tert-OH is 1. The number of hydrogen-bond donors (Lipinski definition) is 3. The van der Waals surface area contributed by atoms with E-state index in [9.17, 15) is 9.90 Å². The van der Waals surface area contributed by atoms with Gasteiger partial charge in [0.2, 0.25) is 0 Å². The molecule has 0 radical (unpaired) electrons. The molecule has 2 aromatic rings. The van der Waals surface area contributed by atoms with E-state index in [0.717, 1.165) is 28.1 Å². The van der Waals surface area contributed by atoms with Gasteiger partial charge in [-0.25, -0.2) is 4.79 Å². The minimum absolute atomic E-state index is 0.0361. The number of carbonyl (C=O) groups is 1. The molecule has 2 atom stereocenters. The molecule has 0 aliphatic rings. The molecule has 1 aromatic carbocycles. The molecule has 3 N–H and O–H groups in total. The lowest BCUT2D eigenvalue weighted by Gasteiger charge is -2.21. The summed E-state index contributed by atoms with van der Waals surface area (Å²) in [5.41, 5.74) is 4.20. The quantitative estimate of drug-likeness (QED) is 0.653. The first kappa shape index (κ1) is 22.8. The van der Waals surface area contributed by atoms with Crippen molar-refractivity contribution in [1.29, 1.82) is 0 Å². The largest absolute Gasteiger partial charge is 0.444 e. The van der Waals surface area contributed by atoms with Gasteiger partial charge in [-0.05, 0) is 64.3 Å². The Morgan fingerprint density at radius 2 is 1.83 bits per heavy atom. The van der Waals surface area contributed by atoms with Crippen LogP contribution in [0.3, 0.4) is 0 Å². The van der Waals surface area contributed by atoms with E-state index in [0.29, 0.717) is 13.1 Å². The molecule has 6 heteroatoms. The molecule has 2 rings (SSSR count). The molecule has 1 heterocycles. The Hall–Kier alpha value is -2.44. The second kappa shape index (κ2) is 9.85. The molecule has 0 saturated carbocycles. The van der Waals surface area contributed by atoms with Crippen molar-refractivity contribution in [1.82, 2.24) is 15.6 Å². The molecule has 0 saturated heterocycles. The fraction of sp³-hybridized carbons (Fsp3) is 0.478. The Kier molecular flexibility index (Phi) is 7.76. The van der Waals surface area contributed by atoms with E-state index in [4.69, 9.17) is 4.74 Å². The zero-order valence-electron chi connectivity index (χ0n) is 18.2. The lowest BCUT2D eigenvalue weighted by Crippen LogP contribution is -2.32. The van der Waals surface area contributed by atoms with Crippen LogP contribution >= 0.6 is 0 Å². The average Bonchev–Trinajstić information content (AvgIpc) is 2.63. The fourth-order valence-corrected chi connectivity index (χ4v) is 3.13. The summed E-state index contributed by atoms with van der Waals surface area (Å²) >= 11 is 0. The van der Waals surface area contributed by atoms with Crippen molar-refractivity contribution < 1.29 is 14.6 Å². The number of alkyl carbamates (subject to hydrolysis) is 1. The van der Waals surface area contributed by atoms with Gasteiger partial charge >= 0.3 is 6.09 Å². The number of amides is 1. The molecule has 0 aliphatic carbocycles. The first-order chi connectivity index (χ1) is 13.6. The summed E-state index contributed by atoms with van der Waals surface area (Å²) < 4.78 is 5.24. The van der Waals surface area contributed by atoms with E-state index < -0.39 is 17.8 Å². The molecule has 0 unspecified atom stereocenters. The SMILES string of the molecule is Cc1ccccc1[C@@H](O)CN[C@H](C)c1ccc(CNC(=O)OC(C)(C)C)nc1C. The van der Waals surface area contributed by atoms with Crippen molar-refractivity contribution in [2.75, 3.05) is 6.54 Å². The number of aryl methyl sites for hydroxylation is 2. The maximum Gasteiger partial charge on any atom is 0.407 e. The van der Waals surface area contributed by atoms with E-state index in [1.54, 1.807) is 0 Å². The summed E-state index contributed by atoms with van der Waals surface area (Å²) in [5, 5.41) is 16.6. The second-order valence-electron chi connectivity index (χ2n) is 8.33. The number of aromatic nitrogens is 1. The van der Waals surface area contributed by atoms with Gasteiger partial charge in [-0.1, -0.05) is 30.3 Å². The highest BCUT2D eigenvalue weighted by Crippen LogP contribution is 2.20. The predicted molar refractivity (Wildman–Crippen MR) is 115 cm³/mol. The number of rotatable bonds is 7. The van der Waals surface area contributed by atoms with Crippen LogP contribution < -0.4 is 10.6 Å². The van der Waals surface area contributed by atoms with Gasteiger partial charge in [-0.2, -0.15) is 0 Å². The third-order valence-electron chi connectivity index (χ3n) is 4.63. The van der Waals surface area contributed by atoms with Crippen LogP contribution in [0.4, 0.5) is 4.79 Å². The van der Waals surface area contributed by atoms with Gasteiger partial charge in [0.1, 0.15) is 5.60 Å². The van der Waals surface area contributed by atoms with Gasteiger partial charge in [0.15, 0.2) is 0 Å². The van der Waals surface area contributed by atoms with Crippen LogP contribution in [0, 0.1) is 13.8 Å². The summed E-state index contributed by atoms with van der Waals surface area (Å²) in [7, 11) is 0. The van der Waals surface area contributed by atoms with Gasteiger partial charge in [0.25, 0.3) is 0 Å². The third-order valence-corrected chi connectivity index (χ3v) is 4.63. The predicted octanol–water partition coefficient (Wildman–Crippen LogP) is 4.11. The first-order valence-corrected chi connectivity index (χ1v) is 9.97. The van der Waals surface area contributed by atoms with Crippen molar-refractivity contribution in [2.45, 2.75) is 65.8 Å². The summed E-state index contributed by atoms with van der Waals surface area (Å²) in [4.78, 5) is 16.4. The van der Waals surface area contributed by atoms with Crippen LogP contribution in [0.25, 0.3) is 0 Å². The molecule has 0 bridgehead atoms. The van der Waals surface area contributed by atoms with E-state index >= 15 is 0 Å². The smallest absolute Gasteiger partial charge is 0.407 e. The van der Waals surface area contributed by atoms with E-state index in [1.807, 2.05) is 77.9 Å². The number of nitrogens with one attached hydrogen (secondary N) is 2. The standard InChI is InChI=1S/C23H33N3O3/c1-15-9-7-8-10-19(15)21(27)14-24-16(2)20-12-11-18(26-17(20)3)13-25-22(28)29-23(4,5)6/h7-12,16,21,24,27H,13-14H2,1-6H3,(H,25,28)/t16-,21+/m1/s1. The van der Waals surface area contributed by atoms with Crippen molar-refractivity contribution >= 4 is 6.09 Å². The molecule has 29 heavy (non-hydrogen) atoms. The van der Waals surface area contributed by atoms with Gasteiger partial charge in [-0.3, -0.25) is 4.98 Å². The van der Waals surface area contributed by atoms with E-state index in [-0.39, 0.29) is 6.04 Å². The molecule has 6 nitrogen and oxygen atoms in total. The zero-order chi connectivity index (χ0) is 21.6. The number of aliphatic hydroxyl groups is 1. The lowest BCUT2D eigenvalue weighted by atomic mass is 10.0. The first-order valence-electron chi connectivity index (χ1n) is 9.97. The summed E-state index contributed by atoms with van der Waals surface area (Å²) in [6.07, 6.45) is -1.02. The number of benzene rings is 1.